The Balaban J connectivity index is 1.21. The largest absolute Gasteiger partial charge is 0.492 e. The maximum absolute atomic E-state index is 12.7. The number of carbonyl (C=O) groups excluding carboxylic acids is 2. The minimum absolute atomic E-state index is 0.0431. The van der Waals surface area contributed by atoms with Crippen LogP contribution in [0.15, 0.2) is 48.5 Å². The van der Waals surface area contributed by atoms with Crippen LogP contribution in [-0.4, -0.2) is 67.6 Å². The second-order valence-corrected chi connectivity index (χ2v) is 13.1. The summed E-state index contributed by atoms with van der Waals surface area (Å²) in [7, 11) is 0. The third kappa shape index (κ3) is 8.86. The molecular formula is C33H46N2O6. The van der Waals surface area contributed by atoms with Crippen molar-refractivity contribution >= 4 is 12.1 Å². The Morgan fingerprint density at radius 3 is 2.10 bits per heavy atom. The number of likely N-dealkylation sites (tertiary alicyclic amines) is 1. The smallest absolute Gasteiger partial charge is 0.407 e. The molecule has 41 heavy (non-hydrogen) atoms. The molecule has 2 aliphatic rings. The summed E-state index contributed by atoms with van der Waals surface area (Å²) in [5.74, 6) is 2.04. The number of piperidine rings is 1. The number of nitrogens with zero attached hydrogens (tertiary/aromatic N) is 1. The summed E-state index contributed by atoms with van der Waals surface area (Å²) in [5.41, 5.74) is 1.73. The van der Waals surface area contributed by atoms with Crippen LogP contribution < -0.4 is 14.8 Å². The third-order valence-corrected chi connectivity index (χ3v) is 7.52. The monoisotopic (exact) mass is 566 g/mol. The number of fused-ring (bicyclic) bond motifs is 1. The Morgan fingerprint density at radius 1 is 0.927 bits per heavy atom. The number of esters is 1. The van der Waals surface area contributed by atoms with Gasteiger partial charge in [0.2, 0.25) is 0 Å². The van der Waals surface area contributed by atoms with Gasteiger partial charge in [-0.05, 0) is 80.3 Å². The number of amides is 1. The first kappa shape index (κ1) is 30.7. The highest BCUT2D eigenvalue weighted by atomic mass is 16.6. The van der Waals surface area contributed by atoms with E-state index in [9.17, 15) is 9.59 Å². The number of benzene rings is 2. The molecule has 4 atom stereocenters. The van der Waals surface area contributed by atoms with E-state index < -0.39 is 11.7 Å². The van der Waals surface area contributed by atoms with E-state index in [-0.39, 0.29) is 23.5 Å². The van der Waals surface area contributed by atoms with E-state index in [1.165, 1.54) is 5.56 Å². The number of ether oxygens (including phenoxy) is 4. The summed E-state index contributed by atoms with van der Waals surface area (Å²) in [4.78, 5) is 27.1. The second kappa shape index (κ2) is 12.7. The average Bonchev–Trinajstić information content (AvgIpc) is 3.31. The van der Waals surface area contributed by atoms with Crippen molar-refractivity contribution in [2.24, 2.45) is 11.8 Å². The van der Waals surface area contributed by atoms with Crippen molar-refractivity contribution in [1.82, 2.24) is 10.2 Å². The molecule has 0 aromatic heterocycles. The van der Waals surface area contributed by atoms with E-state index in [1.807, 2.05) is 69.3 Å². The lowest BCUT2D eigenvalue weighted by molar-refractivity contribution is -0.151. The fraction of sp³-hybridized carbons (Fsp3) is 0.576. The highest BCUT2D eigenvalue weighted by Crippen LogP contribution is 2.45. The lowest BCUT2D eigenvalue weighted by Gasteiger charge is -2.22. The highest BCUT2D eigenvalue weighted by molar-refractivity contribution is 5.75. The molecule has 4 rings (SSSR count). The number of carbonyl (C=O) groups is 2. The Bertz CT molecular complexity index is 1150. The number of nitrogens with one attached hydrogen (secondary N) is 1. The molecule has 0 bridgehead atoms. The molecule has 8 nitrogen and oxygen atoms in total. The Kier molecular flexibility index (Phi) is 9.52. The quantitative estimate of drug-likeness (QED) is 0.366. The van der Waals surface area contributed by atoms with Crippen molar-refractivity contribution in [2.45, 2.75) is 78.0 Å². The maximum Gasteiger partial charge on any atom is 0.407 e. The first-order chi connectivity index (χ1) is 19.3. The molecule has 1 aliphatic heterocycles. The van der Waals surface area contributed by atoms with Gasteiger partial charge in [-0.3, -0.25) is 4.90 Å². The lowest BCUT2D eigenvalue weighted by Crippen LogP contribution is -2.38. The van der Waals surface area contributed by atoms with Gasteiger partial charge in [-0.25, -0.2) is 9.59 Å². The first-order valence-electron chi connectivity index (χ1n) is 14.7. The van der Waals surface area contributed by atoms with Crippen molar-refractivity contribution in [3.8, 4) is 11.5 Å². The molecule has 1 aliphatic carbocycles. The van der Waals surface area contributed by atoms with Crippen LogP contribution in [0.1, 0.15) is 59.6 Å². The van der Waals surface area contributed by atoms with Crippen molar-refractivity contribution in [1.29, 1.82) is 0 Å². The Morgan fingerprint density at radius 2 is 1.54 bits per heavy atom. The zero-order chi connectivity index (χ0) is 29.8. The SMILES string of the molecule is CCOC(=O)[C@H](Cc1ccc(OCCN2C[C@@H]3C(NC(=O)OC(C)(C)C)[C@@H]3C2)cc1)Oc1ccc(C(C)(C)C)cc1. The van der Waals surface area contributed by atoms with E-state index in [4.69, 9.17) is 18.9 Å². The molecule has 2 fully saturated rings. The van der Waals surface area contributed by atoms with Crippen LogP contribution in [0.2, 0.25) is 0 Å². The van der Waals surface area contributed by atoms with Gasteiger partial charge in [0.1, 0.15) is 23.7 Å². The Hall–Kier alpha value is -3.26. The van der Waals surface area contributed by atoms with Crippen molar-refractivity contribution < 1.29 is 28.5 Å². The molecule has 1 saturated heterocycles. The molecule has 0 spiro atoms. The standard InChI is InChI=1S/C33H46N2O6/c1-8-38-30(36)28(40-25-15-11-23(12-16-25)32(2,3)4)19-22-9-13-24(14-10-22)39-18-17-35-20-26-27(21-35)29(26)34-31(37)41-33(5,6)7/h9-16,26-29H,8,17-21H2,1-7H3,(H,34,37)/t26-,27+,28-,29?/m0/s1. The van der Waals surface area contributed by atoms with Gasteiger partial charge in [0.15, 0.2) is 6.10 Å². The van der Waals surface area contributed by atoms with Gasteiger partial charge in [-0.2, -0.15) is 0 Å². The van der Waals surface area contributed by atoms with Crippen molar-refractivity contribution in [3.63, 3.8) is 0 Å². The van der Waals surface area contributed by atoms with E-state index in [0.717, 1.165) is 30.9 Å². The molecule has 1 saturated carbocycles. The fourth-order valence-electron chi connectivity index (χ4n) is 5.29. The molecule has 0 radical (unpaired) electrons. The van der Waals surface area contributed by atoms with Gasteiger partial charge in [0.25, 0.3) is 0 Å². The normalized spacial score (nSPS) is 21.0. The van der Waals surface area contributed by atoms with E-state index in [1.54, 1.807) is 6.92 Å². The van der Waals surface area contributed by atoms with Crippen LogP contribution in [0, 0.1) is 11.8 Å². The summed E-state index contributed by atoms with van der Waals surface area (Å²) < 4.78 is 22.7. The van der Waals surface area contributed by atoms with Crippen LogP contribution in [0.5, 0.6) is 11.5 Å². The van der Waals surface area contributed by atoms with Crippen LogP contribution in [0.3, 0.4) is 0 Å². The Labute approximate surface area is 244 Å². The summed E-state index contributed by atoms with van der Waals surface area (Å²) in [6.45, 7) is 17.5. The van der Waals surface area contributed by atoms with Crippen molar-refractivity contribution in [2.75, 3.05) is 32.8 Å². The van der Waals surface area contributed by atoms with E-state index >= 15 is 0 Å². The minimum atomic E-state index is -0.738. The van der Waals surface area contributed by atoms with Crippen molar-refractivity contribution in [3.05, 3.63) is 59.7 Å². The summed E-state index contributed by atoms with van der Waals surface area (Å²) in [5, 5.41) is 3.01. The summed E-state index contributed by atoms with van der Waals surface area (Å²) >= 11 is 0. The molecule has 1 unspecified atom stereocenters. The highest BCUT2D eigenvalue weighted by Gasteiger charge is 2.56. The molecule has 1 amide bonds. The summed E-state index contributed by atoms with van der Waals surface area (Å²) in [6, 6.07) is 15.9. The lowest BCUT2D eigenvalue weighted by atomic mass is 9.87. The molecule has 224 valence electrons. The van der Waals surface area contributed by atoms with Gasteiger partial charge in [-0.15, -0.1) is 0 Å². The van der Waals surface area contributed by atoms with E-state index in [0.29, 0.717) is 37.2 Å². The van der Waals surface area contributed by atoms with Gasteiger partial charge < -0.3 is 24.3 Å². The van der Waals surface area contributed by atoms with Crippen LogP contribution >= 0.6 is 0 Å². The number of hydrogen-bond acceptors (Lipinski definition) is 7. The number of rotatable bonds is 11. The second-order valence-electron chi connectivity index (χ2n) is 13.1. The van der Waals surface area contributed by atoms with Crippen LogP contribution in [0.4, 0.5) is 4.79 Å². The number of alkyl carbamates (subject to hydrolysis) is 1. The van der Waals surface area contributed by atoms with Gasteiger partial charge in [-0.1, -0.05) is 45.0 Å². The maximum atomic E-state index is 12.7. The molecule has 2 aromatic rings. The molecular weight excluding hydrogens is 520 g/mol. The number of hydrogen-bond donors (Lipinski definition) is 1. The molecule has 8 heteroatoms. The summed E-state index contributed by atoms with van der Waals surface area (Å²) in [6.07, 6.45) is -0.669. The predicted octanol–water partition coefficient (Wildman–Crippen LogP) is 5.37. The van der Waals surface area contributed by atoms with Gasteiger partial charge in [0, 0.05) is 32.1 Å². The third-order valence-electron chi connectivity index (χ3n) is 7.52. The van der Waals surface area contributed by atoms with E-state index in [2.05, 4.69) is 31.0 Å². The van der Waals surface area contributed by atoms with Crippen LogP contribution in [0.25, 0.3) is 0 Å². The van der Waals surface area contributed by atoms with Gasteiger partial charge >= 0.3 is 12.1 Å². The first-order valence-corrected chi connectivity index (χ1v) is 14.7. The fourth-order valence-corrected chi connectivity index (χ4v) is 5.29. The predicted molar refractivity (Wildman–Crippen MR) is 158 cm³/mol. The van der Waals surface area contributed by atoms with Gasteiger partial charge in [0.05, 0.1) is 6.61 Å². The average molecular weight is 567 g/mol. The zero-order valence-electron chi connectivity index (χ0n) is 25.6. The molecule has 2 aromatic carbocycles. The minimum Gasteiger partial charge on any atom is -0.492 e. The topological polar surface area (TPSA) is 86.3 Å². The van der Waals surface area contributed by atoms with Crippen LogP contribution in [-0.2, 0) is 26.1 Å². The molecule has 1 heterocycles. The molecule has 1 N–H and O–H groups in total. The zero-order valence-corrected chi connectivity index (χ0v) is 25.6.